The first kappa shape index (κ1) is 18.8. The summed E-state index contributed by atoms with van der Waals surface area (Å²) in [5.41, 5.74) is 0.964. The lowest BCUT2D eigenvalue weighted by Crippen LogP contribution is -2.49. The number of aromatic nitrogens is 2. The average molecular weight is 395 g/mol. The molecule has 1 aliphatic heterocycles. The Bertz CT molecular complexity index is 844. The van der Waals surface area contributed by atoms with Crippen molar-refractivity contribution in [1.82, 2.24) is 19.9 Å². The van der Waals surface area contributed by atoms with E-state index in [0.717, 1.165) is 50.0 Å². The summed E-state index contributed by atoms with van der Waals surface area (Å²) in [5.74, 6) is 4.01. The number of amides is 1. The van der Waals surface area contributed by atoms with E-state index in [1.807, 2.05) is 30.3 Å². The first-order valence-electron chi connectivity index (χ1n) is 11.1. The Morgan fingerprint density at radius 2 is 1.93 bits per heavy atom. The number of benzene rings is 1. The van der Waals surface area contributed by atoms with Gasteiger partial charge in [0.1, 0.15) is 0 Å². The van der Waals surface area contributed by atoms with Gasteiger partial charge in [-0.1, -0.05) is 41.9 Å². The Labute approximate surface area is 172 Å². The standard InChI is InChI=1S/C23H30N4O2/c1-16(23-24-22(25-29-23)18-5-3-2-4-6-18)26-9-11-27(12-10-26)21(28)15-20-14-17-7-8-19(20)13-17/h2-6,16-17,19-20H,7-15H2,1H3. The van der Waals surface area contributed by atoms with E-state index in [-0.39, 0.29) is 6.04 Å². The number of piperazine rings is 1. The molecule has 2 aromatic rings. The summed E-state index contributed by atoms with van der Waals surface area (Å²) in [6.07, 6.45) is 6.17. The van der Waals surface area contributed by atoms with Gasteiger partial charge in [-0.25, -0.2) is 0 Å². The molecule has 2 saturated carbocycles. The monoisotopic (exact) mass is 394 g/mol. The lowest BCUT2D eigenvalue weighted by Gasteiger charge is -2.37. The highest BCUT2D eigenvalue weighted by molar-refractivity contribution is 5.76. The van der Waals surface area contributed by atoms with Gasteiger partial charge in [0.25, 0.3) is 0 Å². The van der Waals surface area contributed by atoms with Gasteiger partial charge in [-0.05, 0) is 43.9 Å². The van der Waals surface area contributed by atoms with E-state index in [2.05, 4.69) is 26.9 Å². The molecule has 5 rings (SSSR count). The van der Waals surface area contributed by atoms with Gasteiger partial charge in [-0.3, -0.25) is 9.69 Å². The number of carbonyl (C=O) groups excluding carboxylic acids is 1. The van der Waals surface area contributed by atoms with E-state index < -0.39 is 0 Å². The molecule has 2 heterocycles. The van der Waals surface area contributed by atoms with E-state index in [1.54, 1.807) is 0 Å². The molecule has 3 aliphatic rings. The Hall–Kier alpha value is -2.21. The second-order valence-corrected chi connectivity index (χ2v) is 9.05. The molecular weight excluding hydrogens is 364 g/mol. The molecule has 1 aromatic heterocycles. The zero-order chi connectivity index (χ0) is 19.8. The highest BCUT2D eigenvalue weighted by Gasteiger charge is 2.41. The van der Waals surface area contributed by atoms with Crippen molar-refractivity contribution >= 4 is 5.91 Å². The third-order valence-corrected chi connectivity index (χ3v) is 7.37. The zero-order valence-electron chi connectivity index (χ0n) is 17.2. The summed E-state index contributed by atoms with van der Waals surface area (Å²) in [6.45, 7) is 5.40. The minimum absolute atomic E-state index is 0.0581. The molecule has 154 valence electrons. The van der Waals surface area contributed by atoms with Crippen LogP contribution in [0.15, 0.2) is 34.9 Å². The number of hydrogen-bond acceptors (Lipinski definition) is 5. The fraction of sp³-hybridized carbons (Fsp3) is 0.609. The smallest absolute Gasteiger partial charge is 0.244 e. The van der Waals surface area contributed by atoms with Gasteiger partial charge in [0.15, 0.2) is 0 Å². The molecule has 3 fully saturated rings. The van der Waals surface area contributed by atoms with Crippen LogP contribution < -0.4 is 0 Å². The molecule has 6 nitrogen and oxygen atoms in total. The molecule has 29 heavy (non-hydrogen) atoms. The molecule has 2 aliphatic carbocycles. The topological polar surface area (TPSA) is 62.5 Å². The summed E-state index contributed by atoms with van der Waals surface area (Å²) < 4.78 is 5.54. The van der Waals surface area contributed by atoms with Crippen molar-refractivity contribution in [2.45, 2.75) is 45.1 Å². The molecule has 1 saturated heterocycles. The zero-order valence-corrected chi connectivity index (χ0v) is 17.2. The molecule has 0 spiro atoms. The van der Waals surface area contributed by atoms with Crippen LogP contribution >= 0.6 is 0 Å². The summed E-state index contributed by atoms with van der Waals surface area (Å²) in [6, 6.07) is 9.96. The van der Waals surface area contributed by atoms with Gasteiger partial charge in [-0.15, -0.1) is 0 Å². The maximum Gasteiger partial charge on any atom is 0.244 e. The van der Waals surface area contributed by atoms with Crippen molar-refractivity contribution in [3.8, 4) is 11.4 Å². The second-order valence-electron chi connectivity index (χ2n) is 9.05. The van der Waals surface area contributed by atoms with Crippen LogP contribution in [-0.2, 0) is 4.79 Å². The number of carbonyl (C=O) groups is 1. The Morgan fingerprint density at radius 3 is 2.62 bits per heavy atom. The molecule has 4 atom stereocenters. The second kappa shape index (κ2) is 7.90. The molecule has 0 radical (unpaired) electrons. The molecule has 6 heteroatoms. The molecule has 1 amide bonds. The van der Waals surface area contributed by atoms with Gasteiger partial charge in [0.05, 0.1) is 6.04 Å². The van der Waals surface area contributed by atoms with E-state index in [1.165, 1.54) is 25.7 Å². The Kier molecular flexibility index (Phi) is 5.12. The van der Waals surface area contributed by atoms with Crippen molar-refractivity contribution in [1.29, 1.82) is 0 Å². The van der Waals surface area contributed by atoms with Gasteiger partial charge >= 0.3 is 0 Å². The molecule has 2 bridgehead atoms. The number of fused-ring (bicyclic) bond motifs is 2. The normalized spacial score (nSPS) is 28.0. The maximum atomic E-state index is 12.8. The van der Waals surface area contributed by atoms with Crippen LogP contribution in [0.1, 0.15) is 51.0 Å². The predicted molar refractivity (Wildman–Crippen MR) is 110 cm³/mol. The van der Waals surface area contributed by atoms with Crippen LogP contribution in [0, 0.1) is 17.8 Å². The lowest BCUT2D eigenvalue weighted by molar-refractivity contribution is -0.134. The van der Waals surface area contributed by atoms with Crippen LogP contribution in [0.4, 0.5) is 0 Å². The molecular formula is C23H30N4O2. The minimum atomic E-state index is 0.0581. The SMILES string of the molecule is CC(c1nc(-c2ccccc2)no1)N1CCN(C(=O)CC2CC3CCC2C3)CC1. The third-order valence-electron chi connectivity index (χ3n) is 7.37. The largest absolute Gasteiger partial charge is 0.340 e. The van der Waals surface area contributed by atoms with Crippen LogP contribution in [0.3, 0.4) is 0 Å². The fourth-order valence-corrected chi connectivity index (χ4v) is 5.60. The van der Waals surface area contributed by atoms with Gasteiger partial charge in [-0.2, -0.15) is 4.98 Å². The molecule has 1 aromatic carbocycles. The van der Waals surface area contributed by atoms with Crippen molar-refractivity contribution in [3.05, 3.63) is 36.2 Å². The van der Waals surface area contributed by atoms with Crippen LogP contribution in [-0.4, -0.2) is 52.0 Å². The van der Waals surface area contributed by atoms with Gasteiger partial charge in [0.2, 0.25) is 17.6 Å². The number of hydrogen-bond donors (Lipinski definition) is 0. The Balaban J connectivity index is 1.14. The first-order valence-corrected chi connectivity index (χ1v) is 11.1. The van der Waals surface area contributed by atoms with Crippen molar-refractivity contribution < 1.29 is 9.32 Å². The van der Waals surface area contributed by atoms with Gasteiger partial charge in [0, 0.05) is 38.2 Å². The summed E-state index contributed by atoms with van der Waals surface area (Å²) >= 11 is 0. The third kappa shape index (κ3) is 3.82. The predicted octanol–water partition coefficient (Wildman–Crippen LogP) is 3.77. The number of rotatable bonds is 5. The van der Waals surface area contributed by atoms with Crippen molar-refractivity contribution in [2.24, 2.45) is 17.8 Å². The fourth-order valence-electron chi connectivity index (χ4n) is 5.60. The number of nitrogens with zero attached hydrogens (tertiary/aromatic N) is 4. The lowest BCUT2D eigenvalue weighted by atomic mass is 9.86. The van der Waals surface area contributed by atoms with E-state index >= 15 is 0 Å². The summed E-state index contributed by atoms with van der Waals surface area (Å²) in [7, 11) is 0. The van der Waals surface area contributed by atoms with Crippen molar-refractivity contribution in [3.63, 3.8) is 0 Å². The van der Waals surface area contributed by atoms with Crippen LogP contribution in [0.5, 0.6) is 0 Å². The Morgan fingerprint density at radius 1 is 1.14 bits per heavy atom. The van der Waals surface area contributed by atoms with Crippen molar-refractivity contribution in [2.75, 3.05) is 26.2 Å². The van der Waals surface area contributed by atoms with E-state index in [0.29, 0.717) is 23.5 Å². The highest BCUT2D eigenvalue weighted by atomic mass is 16.5. The van der Waals surface area contributed by atoms with Gasteiger partial charge < -0.3 is 9.42 Å². The molecule has 0 N–H and O–H groups in total. The van der Waals surface area contributed by atoms with Crippen LogP contribution in [0.25, 0.3) is 11.4 Å². The molecule has 4 unspecified atom stereocenters. The quantitative estimate of drug-likeness (QED) is 0.772. The highest BCUT2D eigenvalue weighted by Crippen LogP contribution is 2.49. The maximum absolute atomic E-state index is 12.8. The van der Waals surface area contributed by atoms with E-state index in [4.69, 9.17) is 4.52 Å². The summed E-state index contributed by atoms with van der Waals surface area (Å²) in [5, 5.41) is 4.14. The average Bonchev–Trinajstić information content (AvgIpc) is 3.51. The summed E-state index contributed by atoms with van der Waals surface area (Å²) in [4.78, 5) is 21.8. The van der Waals surface area contributed by atoms with Crippen LogP contribution in [0.2, 0.25) is 0 Å². The minimum Gasteiger partial charge on any atom is -0.340 e. The first-order chi connectivity index (χ1) is 14.2. The van der Waals surface area contributed by atoms with E-state index in [9.17, 15) is 4.79 Å².